The number of Topliss-reactive ketones (excluding diaryl/α,β-unsaturated/α-hetero) is 1. The van der Waals surface area contributed by atoms with Gasteiger partial charge in [-0.25, -0.2) is 9.59 Å². The number of nitrogens with one attached hydrogen (secondary N) is 1. The van der Waals surface area contributed by atoms with Gasteiger partial charge in [-0.1, -0.05) is 6.07 Å². The zero-order valence-electron chi connectivity index (χ0n) is 17.7. The number of hydrogen-bond donors (Lipinski definition) is 1. The summed E-state index contributed by atoms with van der Waals surface area (Å²) in [5.41, 5.74) is 2.06. The Balaban J connectivity index is 2.06. The molecule has 0 aliphatic heterocycles. The predicted octanol–water partition coefficient (Wildman–Crippen LogP) is 3.26. The Morgan fingerprint density at radius 3 is 2.27 bits per heavy atom. The smallest absolute Gasteiger partial charge is 0.340 e. The number of rotatable bonds is 9. The molecule has 0 unspecified atom stereocenters. The van der Waals surface area contributed by atoms with Gasteiger partial charge in [-0.3, -0.25) is 4.79 Å². The lowest BCUT2D eigenvalue weighted by molar-refractivity contribution is -0.136. The van der Waals surface area contributed by atoms with Crippen LogP contribution in [0.5, 0.6) is 11.5 Å². The van der Waals surface area contributed by atoms with Gasteiger partial charge in [0.2, 0.25) is 5.78 Å². The maximum Gasteiger partial charge on any atom is 0.340 e. The Labute approximate surface area is 174 Å². The highest BCUT2D eigenvalue weighted by Gasteiger charge is 2.25. The standard InChI is InChI=1S/C22H25NO7/c1-6-29-22(26)21-14(3)23-13(2)20(21)16(24)12-30-19(25)10-8-15-7-9-17(27-4)18(11-15)28-5/h7-11,23H,6,12H2,1-5H3. The number of hydrogen-bond acceptors (Lipinski definition) is 7. The molecule has 1 aromatic heterocycles. The van der Waals surface area contributed by atoms with Crippen LogP contribution in [0.15, 0.2) is 24.3 Å². The minimum absolute atomic E-state index is 0.163. The van der Waals surface area contributed by atoms with Crippen molar-refractivity contribution < 1.29 is 33.3 Å². The fraction of sp³-hybridized carbons (Fsp3) is 0.318. The van der Waals surface area contributed by atoms with Crippen LogP contribution in [-0.2, 0) is 14.3 Å². The lowest BCUT2D eigenvalue weighted by Crippen LogP contribution is -2.17. The largest absolute Gasteiger partial charge is 0.493 e. The number of aromatic amines is 1. The molecule has 0 radical (unpaired) electrons. The molecule has 1 N–H and O–H groups in total. The molecule has 1 aromatic carbocycles. The third-order valence-electron chi connectivity index (χ3n) is 4.30. The van der Waals surface area contributed by atoms with Gasteiger partial charge < -0.3 is 23.9 Å². The number of H-pyrrole nitrogens is 1. The zero-order valence-corrected chi connectivity index (χ0v) is 17.7. The van der Waals surface area contributed by atoms with E-state index in [2.05, 4.69) is 4.98 Å². The summed E-state index contributed by atoms with van der Waals surface area (Å²) in [5.74, 6) is -0.693. The van der Waals surface area contributed by atoms with Crippen LogP contribution < -0.4 is 9.47 Å². The molecule has 1 heterocycles. The number of ketones is 1. The van der Waals surface area contributed by atoms with E-state index >= 15 is 0 Å². The highest BCUT2D eigenvalue weighted by atomic mass is 16.5. The van der Waals surface area contributed by atoms with Crippen LogP contribution in [0.25, 0.3) is 6.08 Å². The van der Waals surface area contributed by atoms with Crippen LogP contribution in [0, 0.1) is 13.8 Å². The van der Waals surface area contributed by atoms with Crippen molar-refractivity contribution in [2.45, 2.75) is 20.8 Å². The lowest BCUT2D eigenvalue weighted by Gasteiger charge is -2.07. The molecule has 0 spiro atoms. The Kier molecular flexibility index (Phi) is 7.80. The first-order chi connectivity index (χ1) is 14.3. The average molecular weight is 415 g/mol. The molecule has 8 heteroatoms. The molecule has 0 bridgehead atoms. The number of benzene rings is 1. The van der Waals surface area contributed by atoms with Crippen LogP contribution in [0.3, 0.4) is 0 Å². The van der Waals surface area contributed by atoms with Crippen molar-refractivity contribution >= 4 is 23.8 Å². The van der Waals surface area contributed by atoms with Crippen molar-refractivity contribution in [3.05, 3.63) is 52.4 Å². The predicted molar refractivity (Wildman–Crippen MR) is 110 cm³/mol. The van der Waals surface area contributed by atoms with Gasteiger partial charge in [-0.15, -0.1) is 0 Å². The van der Waals surface area contributed by atoms with Crippen molar-refractivity contribution in [1.82, 2.24) is 4.98 Å². The van der Waals surface area contributed by atoms with Gasteiger partial charge in [0.25, 0.3) is 0 Å². The first-order valence-corrected chi connectivity index (χ1v) is 9.28. The van der Waals surface area contributed by atoms with Crippen molar-refractivity contribution in [3.63, 3.8) is 0 Å². The summed E-state index contributed by atoms with van der Waals surface area (Å²) in [6.45, 7) is 4.71. The highest BCUT2D eigenvalue weighted by Crippen LogP contribution is 2.28. The monoisotopic (exact) mass is 415 g/mol. The van der Waals surface area contributed by atoms with Crippen LogP contribution in [-0.4, -0.2) is 50.1 Å². The molecule has 8 nitrogen and oxygen atoms in total. The summed E-state index contributed by atoms with van der Waals surface area (Å²) in [7, 11) is 3.04. The molecule has 0 aliphatic rings. The van der Waals surface area contributed by atoms with Crippen LogP contribution >= 0.6 is 0 Å². The summed E-state index contributed by atoms with van der Waals surface area (Å²) in [4.78, 5) is 39.7. The Morgan fingerprint density at radius 2 is 1.63 bits per heavy atom. The number of aryl methyl sites for hydroxylation is 2. The quantitative estimate of drug-likeness (QED) is 0.381. The molecule has 0 saturated heterocycles. The SMILES string of the molecule is CCOC(=O)c1c(C)[nH]c(C)c1C(=O)COC(=O)C=Cc1ccc(OC)c(OC)c1. The maximum atomic E-state index is 12.6. The summed E-state index contributed by atoms with van der Waals surface area (Å²) < 4.78 is 20.4. The van der Waals surface area contributed by atoms with Gasteiger partial charge in [0.05, 0.1) is 32.0 Å². The molecular weight excluding hydrogens is 390 g/mol. The molecule has 0 amide bonds. The second kappa shape index (κ2) is 10.3. The van der Waals surface area contributed by atoms with Gasteiger partial charge >= 0.3 is 11.9 Å². The van der Waals surface area contributed by atoms with Crippen molar-refractivity contribution in [3.8, 4) is 11.5 Å². The molecule has 30 heavy (non-hydrogen) atoms. The number of carbonyl (C=O) groups is 3. The van der Waals surface area contributed by atoms with E-state index in [0.717, 1.165) is 0 Å². The van der Waals surface area contributed by atoms with E-state index in [4.69, 9.17) is 18.9 Å². The number of aromatic nitrogens is 1. The van der Waals surface area contributed by atoms with E-state index in [-0.39, 0.29) is 17.7 Å². The number of methoxy groups -OCH3 is 2. The fourth-order valence-electron chi connectivity index (χ4n) is 2.97. The number of esters is 2. The summed E-state index contributed by atoms with van der Waals surface area (Å²) in [5, 5.41) is 0. The van der Waals surface area contributed by atoms with Gasteiger partial charge in [-0.05, 0) is 44.5 Å². The highest BCUT2D eigenvalue weighted by molar-refractivity contribution is 6.09. The minimum Gasteiger partial charge on any atom is -0.493 e. The molecule has 160 valence electrons. The van der Waals surface area contributed by atoms with E-state index in [0.29, 0.717) is 28.5 Å². The summed E-state index contributed by atoms with van der Waals surface area (Å²) in [6, 6.07) is 5.15. The second-order valence-corrected chi connectivity index (χ2v) is 6.32. The Bertz CT molecular complexity index is 972. The molecule has 2 rings (SSSR count). The van der Waals surface area contributed by atoms with Crippen molar-refractivity contribution in [2.24, 2.45) is 0 Å². The fourth-order valence-corrected chi connectivity index (χ4v) is 2.97. The van der Waals surface area contributed by atoms with Gasteiger partial charge in [-0.2, -0.15) is 0 Å². The van der Waals surface area contributed by atoms with Gasteiger partial charge in [0.15, 0.2) is 18.1 Å². The normalized spacial score (nSPS) is 10.7. The van der Waals surface area contributed by atoms with Crippen molar-refractivity contribution in [2.75, 3.05) is 27.4 Å². The average Bonchev–Trinajstić information content (AvgIpc) is 3.04. The molecule has 0 saturated carbocycles. The summed E-state index contributed by atoms with van der Waals surface area (Å²) >= 11 is 0. The van der Waals surface area contributed by atoms with E-state index in [1.54, 1.807) is 39.0 Å². The second-order valence-electron chi connectivity index (χ2n) is 6.32. The molecular formula is C22H25NO7. The number of ether oxygens (including phenoxy) is 4. The first kappa shape index (κ1) is 22.7. The maximum absolute atomic E-state index is 12.6. The number of carbonyl (C=O) groups excluding carboxylic acids is 3. The third kappa shape index (κ3) is 5.28. The Hall–Kier alpha value is -3.55. The first-order valence-electron chi connectivity index (χ1n) is 9.28. The van der Waals surface area contributed by atoms with Crippen molar-refractivity contribution in [1.29, 1.82) is 0 Å². The molecule has 2 aromatic rings. The van der Waals surface area contributed by atoms with E-state index < -0.39 is 24.3 Å². The topological polar surface area (TPSA) is 104 Å². The summed E-state index contributed by atoms with van der Waals surface area (Å²) in [6.07, 6.45) is 2.74. The van der Waals surface area contributed by atoms with E-state index in [9.17, 15) is 14.4 Å². The van der Waals surface area contributed by atoms with Gasteiger partial charge in [0.1, 0.15) is 0 Å². The molecule has 0 fully saturated rings. The Morgan fingerprint density at radius 1 is 0.967 bits per heavy atom. The van der Waals surface area contributed by atoms with Crippen LogP contribution in [0.4, 0.5) is 0 Å². The zero-order chi connectivity index (χ0) is 22.3. The van der Waals surface area contributed by atoms with E-state index in [1.165, 1.54) is 26.4 Å². The van der Waals surface area contributed by atoms with Gasteiger partial charge in [0, 0.05) is 17.5 Å². The molecule has 0 atom stereocenters. The van der Waals surface area contributed by atoms with Crippen LogP contribution in [0.2, 0.25) is 0 Å². The third-order valence-corrected chi connectivity index (χ3v) is 4.30. The minimum atomic E-state index is -0.694. The lowest BCUT2D eigenvalue weighted by atomic mass is 10.1. The van der Waals surface area contributed by atoms with Crippen LogP contribution in [0.1, 0.15) is 44.6 Å². The van der Waals surface area contributed by atoms with E-state index in [1.807, 2.05) is 0 Å². The molecule has 0 aliphatic carbocycles.